The topological polar surface area (TPSA) is 47.9 Å². The Bertz CT molecular complexity index is 372. The van der Waals surface area contributed by atoms with Crippen molar-refractivity contribution in [2.45, 2.75) is 13.3 Å². The Morgan fingerprint density at radius 1 is 1.38 bits per heavy atom. The van der Waals surface area contributed by atoms with Crippen LogP contribution in [0.15, 0.2) is 29.3 Å². The summed E-state index contributed by atoms with van der Waals surface area (Å²) in [6.07, 6.45) is 1.05. The summed E-state index contributed by atoms with van der Waals surface area (Å²) in [5, 5.41) is 11.8. The van der Waals surface area contributed by atoms with Crippen LogP contribution in [0.1, 0.15) is 12.0 Å². The van der Waals surface area contributed by atoms with Gasteiger partial charge in [-0.05, 0) is 25.5 Å². The highest BCUT2D eigenvalue weighted by atomic mass is 16.3. The zero-order valence-corrected chi connectivity index (χ0v) is 9.48. The Hall–Kier alpha value is -1.55. The molecule has 16 heavy (non-hydrogen) atoms. The van der Waals surface area contributed by atoms with Gasteiger partial charge in [-0.3, -0.25) is 4.99 Å². The first-order chi connectivity index (χ1) is 7.81. The van der Waals surface area contributed by atoms with Crippen molar-refractivity contribution in [2.75, 3.05) is 24.7 Å². The van der Waals surface area contributed by atoms with Gasteiger partial charge in [0.1, 0.15) is 6.73 Å². The van der Waals surface area contributed by atoms with Crippen molar-refractivity contribution in [1.29, 1.82) is 0 Å². The van der Waals surface area contributed by atoms with Crippen molar-refractivity contribution < 1.29 is 5.11 Å². The van der Waals surface area contributed by atoms with Gasteiger partial charge >= 0.3 is 0 Å². The summed E-state index contributed by atoms with van der Waals surface area (Å²) < 4.78 is 0. The third-order valence-corrected chi connectivity index (χ3v) is 2.64. The fourth-order valence-corrected chi connectivity index (χ4v) is 1.80. The molecule has 1 aromatic carbocycles. The van der Waals surface area contributed by atoms with E-state index in [4.69, 9.17) is 5.11 Å². The van der Waals surface area contributed by atoms with Crippen molar-refractivity contribution in [3.63, 3.8) is 0 Å². The molecule has 86 valence electrons. The van der Waals surface area contributed by atoms with Crippen LogP contribution in [0.3, 0.4) is 0 Å². The third kappa shape index (κ3) is 2.33. The average Bonchev–Trinajstić information content (AvgIpc) is 2.32. The predicted molar refractivity (Wildman–Crippen MR) is 65.7 cm³/mol. The second-order valence-electron chi connectivity index (χ2n) is 3.88. The number of hydrogen-bond donors (Lipinski definition) is 2. The molecule has 1 heterocycles. The molecule has 0 aliphatic carbocycles. The fraction of sp³-hybridized carbons (Fsp3) is 0.417. The number of aliphatic hydroxyl groups excluding tert-OH is 1. The van der Waals surface area contributed by atoms with Gasteiger partial charge in [-0.1, -0.05) is 17.7 Å². The highest BCUT2D eigenvalue weighted by Crippen LogP contribution is 2.17. The number of anilines is 1. The minimum absolute atomic E-state index is 0.0821. The van der Waals surface area contributed by atoms with Crippen molar-refractivity contribution >= 4 is 11.6 Å². The first-order valence-electron chi connectivity index (χ1n) is 5.54. The molecule has 0 saturated heterocycles. The van der Waals surface area contributed by atoms with E-state index in [2.05, 4.69) is 46.4 Å². The molecule has 1 aromatic rings. The smallest absolute Gasteiger partial charge is 0.200 e. The number of rotatable bonds is 2. The van der Waals surface area contributed by atoms with Crippen LogP contribution >= 0.6 is 0 Å². The summed E-state index contributed by atoms with van der Waals surface area (Å²) in [7, 11) is 0. The van der Waals surface area contributed by atoms with E-state index in [1.54, 1.807) is 0 Å². The standard InChI is InChI=1S/C12H17N3O/c1-10-3-5-11(6-4-10)15-8-2-7-13-12(15)14-9-16/h3-6,16H,2,7-9H2,1H3,(H,13,14). The van der Waals surface area contributed by atoms with E-state index in [-0.39, 0.29) is 6.73 Å². The molecule has 0 fully saturated rings. The van der Waals surface area contributed by atoms with Crippen LogP contribution in [0, 0.1) is 6.92 Å². The molecule has 0 saturated carbocycles. The summed E-state index contributed by atoms with van der Waals surface area (Å²) in [6, 6.07) is 8.32. The summed E-state index contributed by atoms with van der Waals surface area (Å²) in [6.45, 7) is 3.75. The molecule has 0 unspecified atom stereocenters. The first kappa shape index (κ1) is 11.0. The maximum Gasteiger partial charge on any atom is 0.200 e. The molecule has 4 nitrogen and oxygen atoms in total. The number of benzene rings is 1. The van der Waals surface area contributed by atoms with Crippen LogP contribution in [-0.2, 0) is 0 Å². The Morgan fingerprint density at radius 3 is 2.81 bits per heavy atom. The number of nitrogens with zero attached hydrogens (tertiary/aromatic N) is 2. The van der Waals surface area contributed by atoms with Crippen LogP contribution in [0.2, 0.25) is 0 Å². The fourth-order valence-electron chi connectivity index (χ4n) is 1.80. The lowest BCUT2D eigenvalue weighted by Crippen LogP contribution is -2.45. The molecular formula is C12H17N3O. The Labute approximate surface area is 95.6 Å². The maximum absolute atomic E-state index is 8.91. The maximum atomic E-state index is 8.91. The normalized spacial score (nSPS) is 15.9. The number of aliphatic hydroxyl groups is 1. The Kier molecular flexibility index (Phi) is 3.41. The van der Waals surface area contributed by atoms with Crippen LogP contribution in [0.25, 0.3) is 0 Å². The summed E-state index contributed by atoms with van der Waals surface area (Å²) in [4.78, 5) is 6.47. The molecule has 2 rings (SSSR count). The Balaban J connectivity index is 2.21. The van der Waals surface area contributed by atoms with Crippen molar-refractivity contribution in [1.82, 2.24) is 5.32 Å². The van der Waals surface area contributed by atoms with Crippen LogP contribution in [0.5, 0.6) is 0 Å². The number of guanidine groups is 1. The van der Waals surface area contributed by atoms with Crippen molar-refractivity contribution in [2.24, 2.45) is 4.99 Å². The van der Waals surface area contributed by atoms with E-state index in [1.165, 1.54) is 5.56 Å². The van der Waals surface area contributed by atoms with Crippen LogP contribution < -0.4 is 10.2 Å². The number of nitrogens with one attached hydrogen (secondary N) is 1. The largest absolute Gasteiger partial charge is 0.376 e. The molecule has 1 aliphatic heterocycles. The van der Waals surface area contributed by atoms with E-state index in [9.17, 15) is 0 Å². The highest BCUT2D eigenvalue weighted by Gasteiger charge is 2.15. The number of aryl methyl sites for hydroxylation is 1. The minimum Gasteiger partial charge on any atom is -0.376 e. The highest BCUT2D eigenvalue weighted by molar-refractivity contribution is 5.96. The molecule has 0 bridgehead atoms. The van der Waals surface area contributed by atoms with E-state index in [1.807, 2.05) is 0 Å². The van der Waals surface area contributed by atoms with Crippen LogP contribution in [0.4, 0.5) is 5.69 Å². The summed E-state index contributed by atoms with van der Waals surface area (Å²) in [5.74, 6) is 0.762. The molecule has 0 atom stereocenters. The van der Waals surface area contributed by atoms with E-state index in [0.717, 1.165) is 31.2 Å². The van der Waals surface area contributed by atoms with Gasteiger partial charge in [0, 0.05) is 18.8 Å². The lowest BCUT2D eigenvalue weighted by Gasteiger charge is -2.29. The first-order valence-corrected chi connectivity index (χ1v) is 5.54. The molecule has 1 aliphatic rings. The van der Waals surface area contributed by atoms with Gasteiger partial charge in [-0.15, -0.1) is 0 Å². The van der Waals surface area contributed by atoms with Crippen molar-refractivity contribution in [3.8, 4) is 0 Å². The lowest BCUT2D eigenvalue weighted by atomic mass is 10.2. The molecule has 2 N–H and O–H groups in total. The molecule has 4 heteroatoms. The monoisotopic (exact) mass is 219 g/mol. The van der Waals surface area contributed by atoms with Gasteiger partial charge in [0.15, 0.2) is 5.96 Å². The molecule has 0 amide bonds. The van der Waals surface area contributed by atoms with Gasteiger partial charge in [-0.25, -0.2) is 0 Å². The van der Waals surface area contributed by atoms with Gasteiger partial charge in [-0.2, -0.15) is 0 Å². The molecule has 0 radical (unpaired) electrons. The number of hydrogen-bond acceptors (Lipinski definition) is 4. The number of aliphatic imine (C=N–C) groups is 1. The van der Waals surface area contributed by atoms with Gasteiger partial charge in [0.25, 0.3) is 0 Å². The average molecular weight is 219 g/mol. The van der Waals surface area contributed by atoms with Gasteiger partial charge in [0.05, 0.1) is 0 Å². The molecule has 0 aromatic heterocycles. The van der Waals surface area contributed by atoms with E-state index < -0.39 is 0 Å². The van der Waals surface area contributed by atoms with E-state index in [0.29, 0.717) is 0 Å². The van der Waals surface area contributed by atoms with Crippen LogP contribution in [-0.4, -0.2) is 30.9 Å². The SMILES string of the molecule is Cc1ccc(N2CCCN=C2NCO)cc1. The second-order valence-corrected chi connectivity index (χ2v) is 3.88. The summed E-state index contributed by atoms with van der Waals surface area (Å²) in [5.41, 5.74) is 2.36. The molecular weight excluding hydrogens is 202 g/mol. The van der Waals surface area contributed by atoms with Gasteiger partial charge < -0.3 is 15.3 Å². The Morgan fingerprint density at radius 2 is 2.12 bits per heavy atom. The molecule has 0 spiro atoms. The van der Waals surface area contributed by atoms with Crippen molar-refractivity contribution in [3.05, 3.63) is 29.8 Å². The minimum atomic E-state index is -0.0821. The predicted octanol–water partition coefficient (Wildman–Crippen LogP) is 1.10. The second kappa shape index (κ2) is 4.99. The lowest BCUT2D eigenvalue weighted by molar-refractivity contribution is 0.285. The third-order valence-electron chi connectivity index (χ3n) is 2.64. The quantitative estimate of drug-likeness (QED) is 0.732. The van der Waals surface area contributed by atoms with E-state index >= 15 is 0 Å². The van der Waals surface area contributed by atoms with Gasteiger partial charge in [0.2, 0.25) is 0 Å². The zero-order chi connectivity index (χ0) is 11.4. The zero-order valence-electron chi connectivity index (χ0n) is 9.48. The summed E-state index contributed by atoms with van der Waals surface area (Å²) >= 11 is 0.